The first-order valence-corrected chi connectivity index (χ1v) is 11.1. The summed E-state index contributed by atoms with van der Waals surface area (Å²) in [6, 6.07) is 28.9. The summed E-state index contributed by atoms with van der Waals surface area (Å²) in [7, 11) is 0. The molecular weight excluding hydrogens is 377 g/mol. The van der Waals surface area contributed by atoms with Gasteiger partial charge in [-0.15, -0.1) is 0 Å². The van der Waals surface area contributed by atoms with E-state index in [9.17, 15) is 0 Å². The molecule has 0 saturated carbocycles. The number of fused-ring (bicyclic) bond motifs is 5. The van der Waals surface area contributed by atoms with E-state index in [-0.39, 0.29) is 6.98 Å². The molecule has 0 N–H and O–H groups in total. The predicted octanol–water partition coefficient (Wildman–Crippen LogP) is 5.12. The number of aromatic nitrogens is 1. The lowest BCUT2D eigenvalue weighted by Gasteiger charge is -2.34. The Labute approximate surface area is 183 Å². The molecule has 0 fully saturated rings. The summed E-state index contributed by atoms with van der Waals surface area (Å²) in [5.74, 6) is 0.488. The zero-order chi connectivity index (χ0) is 20.7. The maximum absolute atomic E-state index is 2.56. The minimum Gasteiger partial charge on any atom is -0.360 e. The smallest absolute Gasteiger partial charge is 0.360 e. The van der Waals surface area contributed by atoms with Crippen LogP contribution in [0.2, 0.25) is 0 Å². The van der Waals surface area contributed by atoms with Crippen molar-refractivity contribution in [3.05, 3.63) is 96.2 Å². The molecule has 7 rings (SSSR count). The molecule has 3 nitrogen and oxygen atoms in total. The van der Waals surface area contributed by atoms with Gasteiger partial charge in [-0.25, -0.2) is 0 Å². The highest BCUT2D eigenvalue weighted by molar-refractivity contribution is 6.86. The van der Waals surface area contributed by atoms with Crippen molar-refractivity contribution < 1.29 is 4.57 Å². The Hall–Kier alpha value is -3.53. The van der Waals surface area contributed by atoms with Crippen LogP contribution < -0.4 is 19.7 Å². The van der Waals surface area contributed by atoms with Gasteiger partial charge >= 0.3 is 6.98 Å². The Kier molecular flexibility index (Phi) is 3.33. The Balaban J connectivity index is 1.59. The average molecular weight is 400 g/mol. The quantitative estimate of drug-likeness (QED) is 0.301. The number of para-hydroxylation sites is 3. The maximum Gasteiger partial charge on any atom is 0.427 e. The third-order valence-electron chi connectivity index (χ3n) is 7.02. The summed E-state index contributed by atoms with van der Waals surface area (Å²) in [6.07, 6.45) is 2.37. The van der Waals surface area contributed by atoms with Gasteiger partial charge in [0, 0.05) is 28.0 Å². The molecule has 148 valence electrons. The van der Waals surface area contributed by atoms with Gasteiger partial charge in [-0.05, 0) is 42.3 Å². The van der Waals surface area contributed by atoms with E-state index < -0.39 is 0 Å². The fraction of sp³-hybridized carbons (Fsp3) is 0.148. The van der Waals surface area contributed by atoms with Crippen LogP contribution in [0, 0.1) is 0 Å². The van der Waals surface area contributed by atoms with Gasteiger partial charge in [0.25, 0.3) is 0 Å². The number of pyridine rings is 1. The van der Waals surface area contributed by atoms with Gasteiger partial charge in [0.1, 0.15) is 0 Å². The summed E-state index contributed by atoms with van der Waals surface area (Å²) >= 11 is 0. The van der Waals surface area contributed by atoms with Gasteiger partial charge in [0.2, 0.25) is 5.69 Å². The van der Waals surface area contributed by atoms with Gasteiger partial charge in [-0.3, -0.25) is 0 Å². The minimum absolute atomic E-state index is 0.112. The summed E-state index contributed by atoms with van der Waals surface area (Å²) < 4.78 is 2.49. The van der Waals surface area contributed by atoms with Crippen LogP contribution in [0.3, 0.4) is 0 Å². The number of benzene rings is 3. The van der Waals surface area contributed by atoms with E-state index in [0.717, 1.165) is 6.54 Å². The fourth-order valence-corrected chi connectivity index (χ4v) is 5.66. The molecule has 0 spiro atoms. The summed E-state index contributed by atoms with van der Waals surface area (Å²) in [4.78, 5) is 5.08. The van der Waals surface area contributed by atoms with E-state index in [2.05, 4.69) is 113 Å². The summed E-state index contributed by atoms with van der Waals surface area (Å²) in [6.45, 7) is 5.66. The van der Waals surface area contributed by atoms with Crippen LogP contribution in [0.25, 0.3) is 11.3 Å². The van der Waals surface area contributed by atoms with Crippen LogP contribution in [-0.2, 0) is 6.54 Å². The Bertz CT molecular complexity index is 1360. The highest BCUT2D eigenvalue weighted by Crippen LogP contribution is 2.51. The van der Waals surface area contributed by atoms with Crippen LogP contribution >= 0.6 is 0 Å². The highest BCUT2D eigenvalue weighted by atomic mass is 15.3. The molecule has 4 heterocycles. The van der Waals surface area contributed by atoms with Crippen molar-refractivity contribution in [1.29, 1.82) is 0 Å². The molecule has 0 amide bonds. The molecular formula is C27H23BN3+. The number of nitrogens with zero attached hydrogens (tertiary/aromatic N) is 3. The third kappa shape index (κ3) is 2.17. The van der Waals surface area contributed by atoms with Crippen molar-refractivity contribution in [1.82, 2.24) is 0 Å². The molecule has 0 unspecified atom stereocenters. The van der Waals surface area contributed by atoms with E-state index in [4.69, 9.17) is 0 Å². The Morgan fingerprint density at radius 1 is 0.806 bits per heavy atom. The second-order valence-corrected chi connectivity index (χ2v) is 9.11. The Morgan fingerprint density at radius 3 is 2.29 bits per heavy atom. The topological polar surface area (TPSA) is 10.4 Å². The lowest BCUT2D eigenvalue weighted by molar-refractivity contribution is -0.671. The normalized spacial score (nSPS) is 14.7. The predicted molar refractivity (Wildman–Crippen MR) is 128 cm³/mol. The van der Waals surface area contributed by atoms with Crippen LogP contribution in [-0.4, -0.2) is 6.98 Å². The molecule has 4 heteroatoms. The van der Waals surface area contributed by atoms with Crippen molar-refractivity contribution in [3.63, 3.8) is 0 Å². The van der Waals surface area contributed by atoms with E-state index >= 15 is 0 Å². The first-order valence-electron chi connectivity index (χ1n) is 11.1. The molecule has 0 bridgehead atoms. The third-order valence-corrected chi connectivity index (χ3v) is 7.02. The molecule has 1 aromatic heterocycles. The van der Waals surface area contributed by atoms with Gasteiger partial charge in [-0.1, -0.05) is 56.3 Å². The van der Waals surface area contributed by atoms with Crippen LogP contribution in [0.4, 0.5) is 22.7 Å². The van der Waals surface area contributed by atoms with Gasteiger partial charge in [-0.2, -0.15) is 4.57 Å². The molecule has 31 heavy (non-hydrogen) atoms. The van der Waals surface area contributed by atoms with Crippen molar-refractivity contribution in [2.75, 3.05) is 9.62 Å². The first kappa shape index (κ1) is 17.2. The highest BCUT2D eigenvalue weighted by Gasteiger charge is 2.52. The molecule has 0 saturated heterocycles. The van der Waals surface area contributed by atoms with Crippen molar-refractivity contribution in [3.8, 4) is 11.3 Å². The van der Waals surface area contributed by atoms with Crippen molar-refractivity contribution in [2.45, 2.75) is 26.3 Å². The standard InChI is InChI=1S/C27H23BN3/c1-18(2)20-15-22-27-26-19(16-29(27)17-20)9-8-14-25(26)31-24-13-7-6-12-23(24)30(28(22)31)21-10-4-3-5-11-21/h3-15,17-18H,16H2,1-2H3/q+1. The van der Waals surface area contributed by atoms with E-state index in [1.54, 1.807) is 0 Å². The van der Waals surface area contributed by atoms with Crippen molar-refractivity contribution in [2.24, 2.45) is 0 Å². The second kappa shape index (κ2) is 6.01. The average Bonchev–Trinajstić information content (AvgIpc) is 3.35. The largest absolute Gasteiger partial charge is 0.427 e. The first-order chi connectivity index (χ1) is 15.2. The molecule has 0 radical (unpaired) electrons. The van der Waals surface area contributed by atoms with Crippen LogP contribution in [0.1, 0.15) is 30.9 Å². The van der Waals surface area contributed by atoms with Crippen molar-refractivity contribution >= 4 is 35.2 Å². The lowest BCUT2D eigenvalue weighted by atomic mass is 9.60. The summed E-state index contributed by atoms with van der Waals surface area (Å²) in [5.41, 5.74) is 12.1. The van der Waals surface area contributed by atoms with Gasteiger partial charge < -0.3 is 9.62 Å². The molecule has 3 aliphatic rings. The maximum atomic E-state index is 2.56. The monoisotopic (exact) mass is 400 g/mol. The lowest BCUT2D eigenvalue weighted by Crippen LogP contribution is -2.58. The number of hydrogen-bond acceptors (Lipinski definition) is 2. The zero-order valence-corrected chi connectivity index (χ0v) is 17.8. The number of rotatable bonds is 2. The molecule has 0 atom stereocenters. The van der Waals surface area contributed by atoms with E-state index in [0.29, 0.717) is 5.92 Å². The van der Waals surface area contributed by atoms with Gasteiger partial charge in [0.05, 0.1) is 16.9 Å². The molecule has 4 aromatic rings. The Morgan fingerprint density at radius 2 is 1.52 bits per heavy atom. The number of hydrogen-bond donors (Lipinski definition) is 0. The molecule has 3 aromatic carbocycles. The zero-order valence-electron chi connectivity index (χ0n) is 17.8. The van der Waals surface area contributed by atoms with Gasteiger partial charge in [0.15, 0.2) is 12.7 Å². The van der Waals surface area contributed by atoms with Crippen LogP contribution in [0.5, 0.6) is 0 Å². The molecule has 0 aliphatic carbocycles. The number of anilines is 4. The molecule has 3 aliphatic heterocycles. The minimum atomic E-state index is 0.112. The van der Waals surface area contributed by atoms with E-state index in [1.807, 2.05) is 0 Å². The van der Waals surface area contributed by atoms with Crippen LogP contribution in [0.15, 0.2) is 85.1 Å². The second-order valence-electron chi connectivity index (χ2n) is 9.11. The fourth-order valence-electron chi connectivity index (χ4n) is 5.66. The SMILES string of the molecule is CC(C)c1cc2c3[n+](c1)Cc1cccc(c1-3)N1B2N(c2ccccc2)c2ccccc21. The summed E-state index contributed by atoms with van der Waals surface area (Å²) in [5, 5.41) is 0. The van der Waals surface area contributed by atoms with E-state index in [1.165, 1.54) is 50.6 Å².